The highest BCUT2D eigenvalue weighted by Crippen LogP contribution is 2.27. The fourth-order valence-corrected chi connectivity index (χ4v) is 2.85. The summed E-state index contributed by atoms with van der Waals surface area (Å²) in [4.78, 5) is 0.335. The summed E-state index contributed by atoms with van der Waals surface area (Å²) in [6.07, 6.45) is 5.32. The minimum atomic E-state index is -3.19. The van der Waals surface area contributed by atoms with Gasteiger partial charge in [-0.1, -0.05) is 12.1 Å². The van der Waals surface area contributed by atoms with Crippen molar-refractivity contribution in [3.8, 4) is 0 Å². The van der Waals surface area contributed by atoms with Crippen molar-refractivity contribution in [3.63, 3.8) is 0 Å². The van der Waals surface area contributed by atoms with Gasteiger partial charge in [-0.2, -0.15) is 0 Å². The number of hydrogen-bond acceptors (Lipinski definition) is 4. The smallest absolute Gasteiger partial charge is 0.175 e. The van der Waals surface area contributed by atoms with Crippen molar-refractivity contribution in [2.24, 2.45) is 0 Å². The van der Waals surface area contributed by atoms with Crippen molar-refractivity contribution in [2.75, 3.05) is 19.9 Å². The normalized spacial score (nSPS) is 17.5. The number of allylic oxidation sites excluding steroid dienone is 1. The Morgan fingerprint density at radius 1 is 1.37 bits per heavy atom. The molecule has 1 atom stereocenters. The zero-order valence-electron chi connectivity index (χ0n) is 11.2. The second-order valence-electron chi connectivity index (χ2n) is 4.66. The summed E-state index contributed by atoms with van der Waals surface area (Å²) in [5.41, 5.74) is 0.901. The van der Waals surface area contributed by atoms with E-state index >= 15 is 0 Å². The van der Waals surface area contributed by atoms with E-state index in [2.05, 4.69) is 11.4 Å². The molecule has 2 rings (SSSR count). The van der Waals surface area contributed by atoms with Crippen molar-refractivity contribution < 1.29 is 13.2 Å². The summed E-state index contributed by atoms with van der Waals surface area (Å²) in [7, 11) is -1.34. The Morgan fingerprint density at radius 3 is 2.74 bits per heavy atom. The molecule has 0 bridgehead atoms. The molecule has 104 valence electrons. The van der Waals surface area contributed by atoms with E-state index in [0.29, 0.717) is 4.90 Å². The molecule has 1 unspecified atom stereocenters. The molecule has 0 saturated carbocycles. The van der Waals surface area contributed by atoms with Crippen molar-refractivity contribution >= 4 is 9.84 Å². The van der Waals surface area contributed by atoms with E-state index in [1.807, 2.05) is 13.1 Å². The fourth-order valence-electron chi connectivity index (χ4n) is 2.18. The van der Waals surface area contributed by atoms with E-state index in [-0.39, 0.29) is 6.04 Å². The maximum atomic E-state index is 11.6. The van der Waals surface area contributed by atoms with Gasteiger partial charge in [0.05, 0.1) is 17.5 Å². The van der Waals surface area contributed by atoms with Crippen LogP contribution in [0, 0.1) is 0 Å². The molecule has 0 fully saturated rings. The Balaban J connectivity index is 2.36. The van der Waals surface area contributed by atoms with E-state index < -0.39 is 9.84 Å². The summed E-state index contributed by atoms with van der Waals surface area (Å²) >= 11 is 0. The number of benzene rings is 1. The van der Waals surface area contributed by atoms with Gasteiger partial charge in [0.25, 0.3) is 0 Å². The molecule has 0 saturated heterocycles. The van der Waals surface area contributed by atoms with Gasteiger partial charge in [0, 0.05) is 6.26 Å². The highest BCUT2D eigenvalue weighted by Gasteiger charge is 2.19. The van der Waals surface area contributed by atoms with Crippen LogP contribution in [0.1, 0.15) is 24.4 Å². The molecule has 5 heteroatoms. The lowest BCUT2D eigenvalue weighted by Gasteiger charge is -2.24. The molecule has 1 aliphatic rings. The Bertz CT molecular complexity index is 578. The maximum absolute atomic E-state index is 11.6. The third-order valence-electron chi connectivity index (χ3n) is 3.16. The van der Waals surface area contributed by atoms with Crippen molar-refractivity contribution in [2.45, 2.75) is 23.8 Å². The topological polar surface area (TPSA) is 55.4 Å². The number of nitrogens with one attached hydrogen (secondary N) is 1. The quantitative estimate of drug-likeness (QED) is 0.917. The molecule has 0 radical (unpaired) electrons. The number of likely N-dealkylation sites (N-methyl/N-ethyl adjacent to an activating group) is 1. The van der Waals surface area contributed by atoms with Crippen LogP contribution in [0.5, 0.6) is 0 Å². The lowest BCUT2D eigenvalue weighted by atomic mass is 10.0. The van der Waals surface area contributed by atoms with Crippen LogP contribution in [-0.4, -0.2) is 28.3 Å². The second kappa shape index (κ2) is 5.75. The van der Waals surface area contributed by atoms with Crippen LogP contribution >= 0.6 is 0 Å². The van der Waals surface area contributed by atoms with Gasteiger partial charge in [0.2, 0.25) is 0 Å². The average molecular weight is 281 g/mol. The third kappa shape index (κ3) is 3.36. The summed E-state index contributed by atoms with van der Waals surface area (Å²) in [5.74, 6) is 0.874. The SMILES string of the molecule is CNC(C1=CCCCO1)c1cccc(S(C)(=O)=O)c1. The minimum Gasteiger partial charge on any atom is -0.496 e. The number of ether oxygens (including phenoxy) is 1. The molecule has 0 aliphatic carbocycles. The van der Waals surface area contributed by atoms with Crippen LogP contribution in [0.2, 0.25) is 0 Å². The molecular formula is C14H19NO3S. The molecule has 0 aromatic heterocycles. The van der Waals surface area contributed by atoms with Crippen LogP contribution in [0.4, 0.5) is 0 Å². The largest absolute Gasteiger partial charge is 0.496 e. The van der Waals surface area contributed by atoms with Gasteiger partial charge in [-0.25, -0.2) is 8.42 Å². The molecular weight excluding hydrogens is 262 g/mol. The first-order valence-corrected chi connectivity index (χ1v) is 8.21. The Kier molecular flexibility index (Phi) is 4.27. The van der Waals surface area contributed by atoms with Gasteiger partial charge < -0.3 is 10.1 Å². The number of rotatable bonds is 4. The first kappa shape index (κ1) is 14.1. The van der Waals surface area contributed by atoms with Crippen LogP contribution in [-0.2, 0) is 14.6 Å². The Labute approximate surface area is 114 Å². The van der Waals surface area contributed by atoms with Crippen molar-refractivity contribution in [1.29, 1.82) is 0 Å². The van der Waals surface area contributed by atoms with Crippen molar-refractivity contribution in [1.82, 2.24) is 5.32 Å². The summed E-state index contributed by atoms with van der Waals surface area (Å²) in [5, 5.41) is 3.18. The first-order chi connectivity index (χ1) is 9.02. The predicted octanol–water partition coefficient (Wildman–Crippen LogP) is 2.04. The summed E-state index contributed by atoms with van der Waals surface area (Å²) in [6, 6.07) is 6.90. The lowest BCUT2D eigenvalue weighted by molar-refractivity contribution is 0.169. The van der Waals surface area contributed by atoms with E-state index in [0.717, 1.165) is 30.8 Å². The standard InChI is InChI=1S/C14H19NO3S/c1-15-14(13-8-3-4-9-18-13)11-6-5-7-12(10-11)19(2,16)17/h5-8,10,14-15H,3-4,9H2,1-2H3. The van der Waals surface area contributed by atoms with Gasteiger partial charge in [0.1, 0.15) is 5.76 Å². The van der Waals surface area contributed by atoms with E-state index in [1.165, 1.54) is 6.26 Å². The van der Waals surface area contributed by atoms with Gasteiger partial charge in [-0.05, 0) is 43.7 Å². The molecule has 1 aromatic rings. The van der Waals surface area contributed by atoms with E-state index in [9.17, 15) is 8.42 Å². The van der Waals surface area contributed by atoms with Gasteiger partial charge in [-0.15, -0.1) is 0 Å². The highest BCUT2D eigenvalue weighted by molar-refractivity contribution is 7.90. The fraction of sp³-hybridized carbons (Fsp3) is 0.429. The summed E-state index contributed by atoms with van der Waals surface area (Å²) in [6.45, 7) is 0.718. The van der Waals surface area contributed by atoms with E-state index in [4.69, 9.17) is 4.74 Å². The monoisotopic (exact) mass is 281 g/mol. The second-order valence-corrected chi connectivity index (χ2v) is 6.68. The zero-order valence-corrected chi connectivity index (χ0v) is 12.0. The molecule has 1 heterocycles. The molecule has 1 N–H and O–H groups in total. The van der Waals surface area contributed by atoms with Gasteiger partial charge >= 0.3 is 0 Å². The highest BCUT2D eigenvalue weighted by atomic mass is 32.2. The Morgan fingerprint density at radius 2 is 2.16 bits per heavy atom. The minimum absolute atomic E-state index is 0.0954. The van der Waals surface area contributed by atoms with Crippen LogP contribution in [0.3, 0.4) is 0 Å². The van der Waals surface area contributed by atoms with E-state index in [1.54, 1.807) is 18.2 Å². The zero-order chi connectivity index (χ0) is 13.9. The Hall–Kier alpha value is -1.33. The summed E-state index contributed by atoms with van der Waals surface area (Å²) < 4.78 is 28.9. The predicted molar refractivity (Wildman–Crippen MR) is 74.6 cm³/mol. The van der Waals surface area contributed by atoms with Crippen molar-refractivity contribution in [3.05, 3.63) is 41.7 Å². The maximum Gasteiger partial charge on any atom is 0.175 e. The van der Waals surface area contributed by atoms with Gasteiger partial charge in [-0.3, -0.25) is 0 Å². The first-order valence-electron chi connectivity index (χ1n) is 6.32. The average Bonchev–Trinajstić information content (AvgIpc) is 2.40. The van der Waals surface area contributed by atoms with Gasteiger partial charge in [0.15, 0.2) is 9.84 Å². The van der Waals surface area contributed by atoms with Crippen LogP contribution in [0.15, 0.2) is 41.0 Å². The molecule has 1 aliphatic heterocycles. The number of sulfone groups is 1. The number of hydrogen-bond donors (Lipinski definition) is 1. The van der Waals surface area contributed by atoms with Crippen LogP contribution < -0.4 is 5.32 Å². The molecule has 19 heavy (non-hydrogen) atoms. The molecule has 1 aromatic carbocycles. The third-order valence-corrected chi connectivity index (χ3v) is 4.27. The van der Waals surface area contributed by atoms with Crippen LogP contribution in [0.25, 0.3) is 0 Å². The molecule has 0 spiro atoms. The lowest BCUT2D eigenvalue weighted by Crippen LogP contribution is -2.22. The molecule has 0 amide bonds. The molecule has 4 nitrogen and oxygen atoms in total.